The Morgan fingerprint density at radius 2 is 2.21 bits per heavy atom. The second-order valence-electron chi connectivity index (χ2n) is 3.97. The number of nitrogens with zero attached hydrogens (tertiary/aromatic N) is 1. The summed E-state index contributed by atoms with van der Waals surface area (Å²) in [7, 11) is 0. The van der Waals surface area contributed by atoms with E-state index in [1.807, 2.05) is 0 Å². The van der Waals surface area contributed by atoms with Crippen LogP contribution in [0.4, 0.5) is 8.78 Å². The maximum absolute atomic E-state index is 14.1. The maximum Gasteiger partial charge on any atom is 0.330 e. The number of rotatable bonds is 2. The van der Waals surface area contributed by atoms with Crippen LogP contribution in [0.5, 0.6) is 0 Å². The molecular weight excluding hydrogens is 290 g/mol. The molecular formula is C9H9ClF2N2O5. The summed E-state index contributed by atoms with van der Waals surface area (Å²) in [6.45, 7) is -0.753. The van der Waals surface area contributed by atoms with Gasteiger partial charge in [-0.25, -0.2) is 9.18 Å². The zero-order valence-electron chi connectivity index (χ0n) is 9.22. The lowest BCUT2D eigenvalue weighted by Gasteiger charge is -2.22. The fraction of sp³-hybridized carbons (Fsp3) is 0.556. The van der Waals surface area contributed by atoms with E-state index in [2.05, 4.69) is 0 Å². The Kier molecular flexibility index (Phi) is 3.47. The molecule has 0 aromatic carbocycles. The van der Waals surface area contributed by atoms with Crippen molar-refractivity contribution in [3.8, 4) is 0 Å². The van der Waals surface area contributed by atoms with E-state index < -0.39 is 47.2 Å². The Morgan fingerprint density at radius 1 is 1.58 bits per heavy atom. The van der Waals surface area contributed by atoms with Crippen molar-refractivity contribution in [1.29, 1.82) is 0 Å². The largest absolute Gasteiger partial charge is 0.394 e. The second-order valence-corrected chi connectivity index (χ2v) is 4.55. The third-order valence-electron chi connectivity index (χ3n) is 2.74. The maximum atomic E-state index is 14.1. The number of aromatic amines is 1. The van der Waals surface area contributed by atoms with Crippen LogP contribution in [0.2, 0.25) is 0 Å². The van der Waals surface area contributed by atoms with Gasteiger partial charge in [0.2, 0.25) is 5.82 Å². The molecule has 1 aromatic rings. The number of nitrogens with one attached hydrogen (secondary N) is 1. The Bertz CT molecular complexity index is 601. The third-order valence-corrected chi connectivity index (χ3v) is 3.15. The molecule has 2 heterocycles. The van der Waals surface area contributed by atoms with Gasteiger partial charge in [-0.05, 0) is 0 Å². The minimum absolute atomic E-state index is 0.364. The number of aromatic nitrogens is 2. The summed E-state index contributed by atoms with van der Waals surface area (Å²) >= 11 is 5.43. The molecule has 1 aromatic heterocycles. The molecule has 0 unspecified atom stereocenters. The highest BCUT2D eigenvalue weighted by Crippen LogP contribution is 2.43. The van der Waals surface area contributed by atoms with Crippen LogP contribution in [0, 0.1) is 5.82 Å². The van der Waals surface area contributed by atoms with E-state index in [-0.39, 0.29) is 0 Å². The van der Waals surface area contributed by atoms with Gasteiger partial charge in [-0.15, -0.1) is 0 Å². The summed E-state index contributed by atoms with van der Waals surface area (Å²) in [5.74, 6) is -1.35. The second kappa shape index (κ2) is 4.67. The lowest BCUT2D eigenvalue weighted by molar-refractivity contribution is -0.0522. The van der Waals surface area contributed by atoms with Crippen molar-refractivity contribution in [2.24, 2.45) is 0 Å². The molecule has 0 bridgehead atoms. The molecule has 1 aliphatic rings. The Labute approximate surface area is 109 Å². The molecule has 2 rings (SSSR count). The van der Waals surface area contributed by atoms with Crippen LogP contribution in [-0.2, 0) is 4.74 Å². The zero-order valence-corrected chi connectivity index (χ0v) is 9.97. The number of ether oxygens (including phenoxy) is 1. The molecule has 7 nitrogen and oxygen atoms in total. The summed E-state index contributed by atoms with van der Waals surface area (Å²) in [6, 6.07) is 0. The first-order chi connectivity index (χ1) is 8.78. The van der Waals surface area contributed by atoms with E-state index in [0.29, 0.717) is 10.8 Å². The van der Waals surface area contributed by atoms with E-state index >= 15 is 0 Å². The number of alkyl halides is 2. The number of halogens is 3. The molecule has 4 atom stereocenters. The summed E-state index contributed by atoms with van der Waals surface area (Å²) in [5, 5.41) is 15.4. The minimum atomic E-state index is -2.96. The molecule has 1 aliphatic heterocycles. The van der Waals surface area contributed by atoms with Gasteiger partial charge in [0, 0.05) is 0 Å². The lowest BCUT2D eigenvalue weighted by atomic mass is 10.1. The standard InChI is InChI=1S/C9H9ClF2N2O5/c10-9(12)5(16)4(2-15)19-7(9)14-1-3(11)6(17)13-8(14)18/h1,4-5,7,15-16H,2H2,(H,13,17,18)/t4-,5-,7-,9-/m1/s1. The van der Waals surface area contributed by atoms with Crippen LogP contribution >= 0.6 is 11.6 Å². The van der Waals surface area contributed by atoms with Crippen molar-refractivity contribution in [3.05, 3.63) is 32.9 Å². The first-order valence-electron chi connectivity index (χ1n) is 5.12. The number of hydrogen-bond donors (Lipinski definition) is 3. The van der Waals surface area contributed by atoms with Crippen LogP contribution in [0.3, 0.4) is 0 Å². The van der Waals surface area contributed by atoms with Gasteiger partial charge in [-0.3, -0.25) is 14.3 Å². The van der Waals surface area contributed by atoms with Crippen molar-refractivity contribution >= 4 is 11.6 Å². The van der Waals surface area contributed by atoms with E-state index in [4.69, 9.17) is 21.4 Å². The first-order valence-corrected chi connectivity index (χ1v) is 5.50. The number of H-pyrrole nitrogens is 1. The van der Waals surface area contributed by atoms with Crippen molar-refractivity contribution in [1.82, 2.24) is 9.55 Å². The van der Waals surface area contributed by atoms with Gasteiger partial charge in [0.05, 0.1) is 12.8 Å². The Morgan fingerprint density at radius 3 is 2.74 bits per heavy atom. The van der Waals surface area contributed by atoms with Crippen LogP contribution in [0.15, 0.2) is 15.8 Å². The smallest absolute Gasteiger partial charge is 0.330 e. The number of aliphatic hydroxyl groups excluding tert-OH is 2. The van der Waals surface area contributed by atoms with Gasteiger partial charge in [-0.1, -0.05) is 11.6 Å². The molecule has 1 saturated heterocycles. The van der Waals surface area contributed by atoms with Gasteiger partial charge < -0.3 is 14.9 Å². The molecule has 3 N–H and O–H groups in total. The molecule has 0 amide bonds. The highest BCUT2D eigenvalue weighted by atomic mass is 35.5. The molecule has 0 radical (unpaired) electrons. The van der Waals surface area contributed by atoms with Crippen LogP contribution in [0.25, 0.3) is 0 Å². The Hall–Kier alpha value is -1.29. The lowest BCUT2D eigenvalue weighted by Crippen LogP contribution is -2.42. The topological polar surface area (TPSA) is 105 Å². The average Bonchev–Trinajstić information content (AvgIpc) is 2.56. The van der Waals surface area contributed by atoms with Crippen LogP contribution in [-0.4, -0.2) is 43.7 Å². The summed E-state index contributed by atoms with van der Waals surface area (Å²) in [5.41, 5.74) is -2.44. The van der Waals surface area contributed by atoms with Gasteiger partial charge in [0.1, 0.15) is 12.2 Å². The minimum Gasteiger partial charge on any atom is -0.394 e. The normalized spacial score (nSPS) is 34.7. The van der Waals surface area contributed by atoms with E-state index in [9.17, 15) is 23.5 Å². The summed E-state index contributed by atoms with van der Waals surface area (Å²) in [6.07, 6.45) is -4.78. The molecule has 19 heavy (non-hydrogen) atoms. The average molecular weight is 299 g/mol. The number of hydrogen-bond acceptors (Lipinski definition) is 5. The fourth-order valence-electron chi connectivity index (χ4n) is 1.75. The molecule has 0 aliphatic carbocycles. The van der Waals surface area contributed by atoms with Gasteiger partial charge in [0.15, 0.2) is 6.23 Å². The van der Waals surface area contributed by atoms with Gasteiger partial charge >= 0.3 is 5.69 Å². The molecule has 10 heteroatoms. The predicted molar refractivity (Wildman–Crippen MR) is 58.0 cm³/mol. The fourth-order valence-corrected chi connectivity index (χ4v) is 2.05. The number of aliphatic hydroxyl groups is 2. The van der Waals surface area contributed by atoms with Crippen molar-refractivity contribution in [3.63, 3.8) is 0 Å². The van der Waals surface area contributed by atoms with E-state index in [0.717, 1.165) is 0 Å². The van der Waals surface area contributed by atoms with Gasteiger partial charge in [0.25, 0.3) is 10.7 Å². The van der Waals surface area contributed by atoms with E-state index in [1.165, 1.54) is 0 Å². The van der Waals surface area contributed by atoms with Crippen molar-refractivity contribution in [2.45, 2.75) is 23.6 Å². The van der Waals surface area contributed by atoms with Crippen molar-refractivity contribution in [2.75, 3.05) is 6.61 Å². The molecule has 0 spiro atoms. The highest BCUT2D eigenvalue weighted by molar-refractivity contribution is 6.23. The Balaban J connectivity index is 2.51. The zero-order chi connectivity index (χ0) is 14.4. The summed E-state index contributed by atoms with van der Waals surface area (Å²) < 4.78 is 32.4. The van der Waals surface area contributed by atoms with Crippen LogP contribution in [0.1, 0.15) is 6.23 Å². The summed E-state index contributed by atoms with van der Waals surface area (Å²) in [4.78, 5) is 23.9. The molecule has 106 valence electrons. The first kappa shape index (κ1) is 14.1. The van der Waals surface area contributed by atoms with Crippen molar-refractivity contribution < 1.29 is 23.7 Å². The highest BCUT2D eigenvalue weighted by Gasteiger charge is 2.57. The molecule has 0 saturated carbocycles. The SMILES string of the molecule is O=c1[nH]c(=O)n([C@@H]2O[C@H](CO)[C@@H](O)[C@]2(F)Cl)cc1F. The quantitative estimate of drug-likeness (QED) is 0.597. The van der Waals surface area contributed by atoms with Crippen LogP contribution < -0.4 is 11.2 Å². The third kappa shape index (κ3) is 2.18. The van der Waals surface area contributed by atoms with E-state index in [1.54, 1.807) is 4.98 Å². The van der Waals surface area contributed by atoms with Gasteiger partial charge in [-0.2, -0.15) is 4.39 Å². The predicted octanol–water partition coefficient (Wildman–Crippen LogP) is -1.17. The molecule has 1 fully saturated rings. The monoisotopic (exact) mass is 298 g/mol.